The highest BCUT2D eigenvalue weighted by molar-refractivity contribution is 7.14. The Bertz CT molecular complexity index is 747. The minimum absolute atomic E-state index is 0.180. The number of aromatic carboxylic acids is 1. The van der Waals surface area contributed by atoms with Crippen molar-refractivity contribution in [2.45, 2.75) is 0 Å². The SMILES string of the molecule is O=C(O)c1ccc2oc(-c3sccc3Cl)nc2c1. The summed E-state index contributed by atoms with van der Waals surface area (Å²) in [5.41, 5.74) is 1.23. The van der Waals surface area contributed by atoms with Gasteiger partial charge in [0, 0.05) is 0 Å². The van der Waals surface area contributed by atoms with E-state index in [1.54, 1.807) is 12.1 Å². The fourth-order valence-corrected chi connectivity index (χ4v) is 2.67. The Hall–Kier alpha value is -1.85. The second-order valence-corrected chi connectivity index (χ2v) is 4.93. The van der Waals surface area contributed by atoms with Crippen molar-refractivity contribution in [2.75, 3.05) is 0 Å². The topological polar surface area (TPSA) is 63.3 Å². The molecule has 0 aliphatic rings. The molecule has 0 fully saturated rings. The zero-order valence-electron chi connectivity index (χ0n) is 8.88. The molecule has 2 heterocycles. The monoisotopic (exact) mass is 279 g/mol. The molecule has 0 atom stereocenters. The van der Waals surface area contributed by atoms with Crippen LogP contribution in [0.5, 0.6) is 0 Å². The van der Waals surface area contributed by atoms with Gasteiger partial charge in [0.2, 0.25) is 5.89 Å². The Labute approximate surface area is 110 Å². The van der Waals surface area contributed by atoms with Crippen molar-refractivity contribution in [3.8, 4) is 10.8 Å². The highest BCUT2D eigenvalue weighted by Crippen LogP contribution is 2.34. The molecule has 6 heteroatoms. The number of carboxylic acid groups (broad SMARTS) is 1. The maximum Gasteiger partial charge on any atom is 0.335 e. The van der Waals surface area contributed by atoms with Gasteiger partial charge in [-0.3, -0.25) is 0 Å². The first-order chi connectivity index (χ1) is 8.65. The van der Waals surface area contributed by atoms with Crippen LogP contribution in [0, 0.1) is 0 Å². The van der Waals surface area contributed by atoms with Gasteiger partial charge in [-0.2, -0.15) is 0 Å². The van der Waals surface area contributed by atoms with Gasteiger partial charge in [-0.1, -0.05) is 11.6 Å². The van der Waals surface area contributed by atoms with Gasteiger partial charge in [-0.25, -0.2) is 9.78 Å². The van der Waals surface area contributed by atoms with Gasteiger partial charge in [0.05, 0.1) is 10.6 Å². The van der Waals surface area contributed by atoms with Crippen molar-refractivity contribution < 1.29 is 14.3 Å². The van der Waals surface area contributed by atoms with E-state index >= 15 is 0 Å². The number of carbonyl (C=O) groups is 1. The minimum atomic E-state index is -0.990. The van der Waals surface area contributed by atoms with Crippen LogP contribution < -0.4 is 0 Å². The number of nitrogens with zero attached hydrogens (tertiary/aromatic N) is 1. The van der Waals surface area contributed by atoms with E-state index in [4.69, 9.17) is 21.1 Å². The molecule has 3 rings (SSSR count). The first kappa shape index (κ1) is 11.3. The number of thiophene rings is 1. The molecule has 0 spiro atoms. The molecule has 1 aromatic carbocycles. The Balaban J connectivity index is 2.17. The molecule has 4 nitrogen and oxygen atoms in total. The van der Waals surface area contributed by atoms with Gasteiger partial charge < -0.3 is 9.52 Å². The second-order valence-electron chi connectivity index (χ2n) is 3.60. The summed E-state index contributed by atoms with van der Waals surface area (Å²) in [6, 6.07) is 6.32. The second kappa shape index (κ2) is 4.12. The number of hydrogen-bond acceptors (Lipinski definition) is 4. The number of hydrogen-bond donors (Lipinski definition) is 1. The Morgan fingerprint density at radius 3 is 2.89 bits per heavy atom. The number of halogens is 1. The largest absolute Gasteiger partial charge is 0.478 e. The molecule has 1 N–H and O–H groups in total. The van der Waals surface area contributed by atoms with Gasteiger partial charge >= 0.3 is 5.97 Å². The lowest BCUT2D eigenvalue weighted by atomic mass is 10.2. The standard InChI is InChI=1S/C12H6ClNO3S/c13-7-3-4-18-10(7)11-14-8-5-6(12(15)16)1-2-9(8)17-11/h1-5H,(H,15,16). The molecule has 0 aliphatic carbocycles. The lowest BCUT2D eigenvalue weighted by molar-refractivity contribution is 0.0697. The highest BCUT2D eigenvalue weighted by atomic mass is 35.5. The van der Waals surface area contributed by atoms with E-state index in [9.17, 15) is 4.79 Å². The molecule has 0 bridgehead atoms. The van der Waals surface area contributed by atoms with Crippen molar-refractivity contribution in [3.63, 3.8) is 0 Å². The average Bonchev–Trinajstić information content (AvgIpc) is 2.92. The van der Waals surface area contributed by atoms with Crippen LogP contribution in [0.4, 0.5) is 0 Å². The lowest BCUT2D eigenvalue weighted by Gasteiger charge is -1.91. The number of fused-ring (bicyclic) bond motifs is 1. The van der Waals surface area contributed by atoms with E-state index in [1.807, 2.05) is 5.38 Å². The zero-order valence-corrected chi connectivity index (χ0v) is 10.5. The maximum atomic E-state index is 10.9. The minimum Gasteiger partial charge on any atom is -0.478 e. The van der Waals surface area contributed by atoms with Crippen LogP contribution in [0.25, 0.3) is 21.9 Å². The molecule has 3 aromatic rings. The van der Waals surface area contributed by atoms with E-state index in [0.717, 1.165) is 4.88 Å². The molecule has 0 radical (unpaired) electrons. The molecule has 0 aliphatic heterocycles. The first-order valence-corrected chi connectivity index (χ1v) is 6.28. The molecular weight excluding hydrogens is 274 g/mol. The highest BCUT2D eigenvalue weighted by Gasteiger charge is 2.14. The molecular formula is C12H6ClNO3S. The van der Waals surface area contributed by atoms with Crippen LogP contribution in [0.3, 0.4) is 0 Å². The van der Waals surface area contributed by atoms with Gasteiger partial charge in [0.15, 0.2) is 5.58 Å². The van der Waals surface area contributed by atoms with Crippen molar-refractivity contribution >= 4 is 40.0 Å². The van der Waals surface area contributed by atoms with E-state index in [-0.39, 0.29) is 5.56 Å². The fraction of sp³-hybridized carbons (Fsp3) is 0. The summed E-state index contributed by atoms with van der Waals surface area (Å²) in [5, 5.41) is 11.3. The van der Waals surface area contributed by atoms with Crippen LogP contribution in [0.15, 0.2) is 34.1 Å². The summed E-state index contributed by atoms with van der Waals surface area (Å²) in [5.74, 6) is -0.580. The number of aromatic nitrogens is 1. The third-order valence-corrected chi connectivity index (χ3v) is 3.78. The Morgan fingerprint density at radius 1 is 1.39 bits per heavy atom. The number of benzene rings is 1. The third-order valence-electron chi connectivity index (χ3n) is 2.45. The Kier molecular flexibility index (Phi) is 2.57. The number of oxazole rings is 1. The zero-order chi connectivity index (χ0) is 12.7. The van der Waals surface area contributed by atoms with Crippen LogP contribution >= 0.6 is 22.9 Å². The van der Waals surface area contributed by atoms with Gasteiger partial charge in [-0.05, 0) is 29.6 Å². The fourth-order valence-electron chi connectivity index (χ4n) is 1.60. The van der Waals surface area contributed by atoms with Crippen molar-refractivity contribution in [2.24, 2.45) is 0 Å². The van der Waals surface area contributed by atoms with Crippen LogP contribution in [-0.4, -0.2) is 16.1 Å². The van der Waals surface area contributed by atoms with E-state index in [1.165, 1.54) is 23.5 Å². The average molecular weight is 280 g/mol. The smallest absolute Gasteiger partial charge is 0.335 e. The number of rotatable bonds is 2. The van der Waals surface area contributed by atoms with E-state index in [2.05, 4.69) is 4.98 Å². The van der Waals surface area contributed by atoms with Crippen molar-refractivity contribution in [1.29, 1.82) is 0 Å². The quantitative estimate of drug-likeness (QED) is 0.772. The first-order valence-electron chi connectivity index (χ1n) is 5.02. The van der Waals surface area contributed by atoms with Crippen molar-refractivity contribution in [1.82, 2.24) is 4.98 Å². The maximum absolute atomic E-state index is 10.9. The van der Waals surface area contributed by atoms with E-state index in [0.29, 0.717) is 22.0 Å². The van der Waals surface area contributed by atoms with Crippen LogP contribution in [0.2, 0.25) is 5.02 Å². The molecule has 2 aromatic heterocycles. The predicted octanol–water partition coefficient (Wildman–Crippen LogP) is 3.91. The normalized spacial score (nSPS) is 10.9. The molecule has 0 saturated carbocycles. The molecule has 90 valence electrons. The van der Waals surface area contributed by atoms with Crippen LogP contribution in [-0.2, 0) is 0 Å². The van der Waals surface area contributed by atoms with Gasteiger partial charge in [0.25, 0.3) is 0 Å². The lowest BCUT2D eigenvalue weighted by Crippen LogP contribution is -1.94. The summed E-state index contributed by atoms with van der Waals surface area (Å²) < 4.78 is 5.55. The molecule has 0 saturated heterocycles. The molecule has 18 heavy (non-hydrogen) atoms. The Morgan fingerprint density at radius 2 is 2.22 bits per heavy atom. The third kappa shape index (κ3) is 1.77. The van der Waals surface area contributed by atoms with Gasteiger partial charge in [-0.15, -0.1) is 11.3 Å². The van der Waals surface area contributed by atoms with E-state index < -0.39 is 5.97 Å². The van der Waals surface area contributed by atoms with Gasteiger partial charge in [0.1, 0.15) is 10.4 Å². The summed E-state index contributed by atoms with van der Waals surface area (Å²) >= 11 is 7.42. The predicted molar refractivity (Wildman–Crippen MR) is 69.3 cm³/mol. The summed E-state index contributed by atoms with van der Waals surface area (Å²) in [6.07, 6.45) is 0. The summed E-state index contributed by atoms with van der Waals surface area (Å²) in [4.78, 5) is 15.9. The summed E-state index contributed by atoms with van der Waals surface area (Å²) in [7, 11) is 0. The summed E-state index contributed by atoms with van der Waals surface area (Å²) in [6.45, 7) is 0. The van der Waals surface area contributed by atoms with Crippen LogP contribution in [0.1, 0.15) is 10.4 Å². The molecule has 0 unspecified atom stereocenters. The van der Waals surface area contributed by atoms with Crippen molar-refractivity contribution in [3.05, 3.63) is 40.2 Å². The molecule has 0 amide bonds. The number of carboxylic acids is 1.